The third-order valence-electron chi connectivity index (χ3n) is 2.05. The van der Waals surface area contributed by atoms with Crippen molar-refractivity contribution in [2.24, 2.45) is 11.8 Å². The van der Waals surface area contributed by atoms with Crippen molar-refractivity contribution >= 4 is 5.97 Å². The van der Waals surface area contributed by atoms with Crippen LogP contribution in [0.2, 0.25) is 0 Å². The number of ether oxygens (including phenoxy) is 1. The van der Waals surface area contributed by atoms with Crippen molar-refractivity contribution in [3.63, 3.8) is 0 Å². The van der Waals surface area contributed by atoms with E-state index in [-0.39, 0.29) is 5.97 Å². The van der Waals surface area contributed by atoms with Crippen LogP contribution in [-0.4, -0.2) is 12.6 Å². The average molecular weight is 186 g/mol. The molecule has 1 unspecified atom stereocenters. The molecule has 0 aromatic heterocycles. The molecule has 0 aliphatic heterocycles. The van der Waals surface area contributed by atoms with Gasteiger partial charge in [0.05, 0.1) is 6.61 Å². The van der Waals surface area contributed by atoms with E-state index in [2.05, 4.69) is 20.8 Å². The Morgan fingerprint density at radius 2 is 1.85 bits per heavy atom. The summed E-state index contributed by atoms with van der Waals surface area (Å²) in [5.74, 6) is 1.11. The zero-order valence-corrected chi connectivity index (χ0v) is 9.30. The predicted octanol–water partition coefficient (Wildman–Crippen LogP) is 3.01. The molecule has 0 fully saturated rings. The average Bonchev–Trinajstić information content (AvgIpc) is 2.00. The molecule has 0 N–H and O–H groups in total. The van der Waals surface area contributed by atoms with Crippen LogP contribution in [0.25, 0.3) is 0 Å². The van der Waals surface area contributed by atoms with Gasteiger partial charge in [0.2, 0.25) is 0 Å². The molecule has 0 rings (SSSR count). The van der Waals surface area contributed by atoms with Crippen LogP contribution in [0.4, 0.5) is 0 Å². The first-order valence-electron chi connectivity index (χ1n) is 5.15. The van der Waals surface area contributed by atoms with E-state index in [9.17, 15) is 4.79 Å². The van der Waals surface area contributed by atoms with Crippen LogP contribution in [0.5, 0.6) is 0 Å². The lowest BCUT2D eigenvalue weighted by Crippen LogP contribution is -2.09. The van der Waals surface area contributed by atoms with Crippen LogP contribution in [0.15, 0.2) is 0 Å². The van der Waals surface area contributed by atoms with E-state index in [4.69, 9.17) is 4.74 Å². The van der Waals surface area contributed by atoms with E-state index in [0.717, 1.165) is 12.3 Å². The molecule has 78 valence electrons. The first-order chi connectivity index (χ1) is 6.02. The van der Waals surface area contributed by atoms with Gasteiger partial charge in [-0.3, -0.25) is 4.79 Å². The molecule has 0 aliphatic rings. The summed E-state index contributed by atoms with van der Waals surface area (Å²) >= 11 is 0. The molecular formula is C11H22O2. The van der Waals surface area contributed by atoms with Gasteiger partial charge in [0.1, 0.15) is 0 Å². The first kappa shape index (κ1) is 12.5. The van der Waals surface area contributed by atoms with Gasteiger partial charge in [-0.25, -0.2) is 0 Å². The lowest BCUT2D eigenvalue weighted by molar-refractivity contribution is -0.142. The molecule has 2 heteroatoms. The van der Waals surface area contributed by atoms with Gasteiger partial charge in [-0.2, -0.15) is 0 Å². The van der Waals surface area contributed by atoms with Gasteiger partial charge in [-0.05, 0) is 18.3 Å². The molecule has 13 heavy (non-hydrogen) atoms. The molecule has 0 spiro atoms. The normalized spacial score (nSPS) is 13.0. The van der Waals surface area contributed by atoms with Crippen LogP contribution in [0.1, 0.15) is 47.0 Å². The monoisotopic (exact) mass is 186 g/mol. The molecule has 0 radical (unpaired) electrons. The molecular weight excluding hydrogens is 164 g/mol. The highest BCUT2D eigenvalue weighted by Gasteiger charge is 2.04. The Labute approximate surface area is 81.7 Å². The van der Waals surface area contributed by atoms with Crippen molar-refractivity contribution in [2.75, 3.05) is 6.61 Å². The number of esters is 1. The second kappa shape index (κ2) is 6.93. The van der Waals surface area contributed by atoms with Crippen LogP contribution in [-0.2, 0) is 9.53 Å². The Hall–Kier alpha value is -0.530. The van der Waals surface area contributed by atoms with E-state index in [1.165, 1.54) is 19.8 Å². The van der Waals surface area contributed by atoms with Crippen LogP contribution in [0, 0.1) is 11.8 Å². The lowest BCUT2D eigenvalue weighted by atomic mass is 10.0. The highest BCUT2D eigenvalue weighted by atomic mass is 16.5. The van der Waals surface area contributed by atoms with Crippen LogP contribution >= 0.6 is 0 Å². The van der Waals surface area contributed by atoms with E-state index in [1.807, 2.05) is 0 Å². The second-order valence-electron chi connectivity index (χ2n) is 4.23. The molecule has 2 nitrogen and oxygen atoms in total. The molecule has 1 atom stereocenters. The maximum Gasteiger partial charge on any atom is 0.302 e. The van der Waals surface area contributed by atoms with E-state index < -0.39 is 0 Å². The summed E-state index contributed by atoms with van der Waals surface area (Å²) < 4.78 is 4.92. The molecule has 0 aliphatic carbocycles. The van der Waals surface area contributed by atoms with E-state index in [0.29, 0.717) is 12.5 Å². The molecule has 0 heterocycles. The van der Waals surface area contributed by atoms with Gasteiger partial charge in [0.25, 0.3) is 0 Å². The van der Waals surface area contributed by atoms with Crippen LogP contribution in [0.3, 0.4) is 0 Å². The third kappa shape index (κ3) is 9.38. The number of carbonyl (C=O) groups excluding carboxylic acids is 1. The summed E-state index contributed by atoms with van der Waals surface area (Å²) in [6.07, 6.45) is 3.66. The fraction of sp³-hybridized carbons (Fsp3) is 0.909. The summed E-state index contributed by atoms with van der Waals surface area (Å²) in [7, 11) is 0. The molecule has 0 amide bonds. The van der Waals surface area contributed by atoms with Gasteiger partial charge in [0, 0.05) is 6.92 Å². The second-order valence-corrected chi connectivity index (χ2v) is 4.23. The van der Waals surface area contributed by atoms with Gasteiger partial charge < -0.3 is 4.74 Å². The lowest BCUT2D eigenvalue weighted by Gasteiger charge is -2.11. The zero-order chi connectivity index (χ0) is 10.3. The molecule has 0 saturated carbocycles. The quantitative estimate of drug-likeness (QED) is 0.596. The summed E-state index contributed by atoms with van der Waals surface area (Å²) in [5.41, 5.74) is 0. The van der Waals surface area contributed by atoms with Crippen molar-refractivity contribution in [3.05, 3.63) is 0 Å². The van der Waals surface area contributed by atoms with Crippen molar-refractivity contribution < 1.29 is 9.53 Å². The van der Waals surface area contributed by atoms with Crippen LogP contribution < -0.4 is 0 Å². The predicted molar refractivity (Wildman–Crippen MR) is 54.5 cm³/mol. The molecule has 0 aromatic rings. The fourth-order valence-electron chi connectivity index (χ4n) is 1.22. The Kier molecular flexibility index (Phi) is 6.65. The summed E-state index contributed by atoms with van der Waals surface area (Å²) in [6.45, 7) is 8.63. The van der Waals surface area contributed by atoms with Gasteiger partial charge in [0.15, 0.2) is 0 Å². The highest BCUT2D eigenvalue weighted by molar-refractivity contribution is 5.65. The van der Waals surface area contributed by atoms with E-state index >= 15 is 0 Å². The zero-order valence-electron chi connectivity index (χ0n) is 9.30. The molecule has 0 aromatic carbocycles. The highest BCUT2D eigenvalue weighted by Crippen LogP contribution is 2.12. The maximum absolute atomic E-state index is 10.5. The number of carbonyl (C=O) groups is 1. The van der Waals surface area contributed by atoms with E-state index in [1.54, 1.807) is 0 Å². The molecule has 0 bridgehead atoms. The topological polar surface area (TPSA) is 26.3 Å². The number of hydrogen-bond donors (Lipinski definition) is 0. The summed E-state index contributed by atoms with van der Waals surface area (Å²) in [4.78, 5) is 10.5. The van der Waals surface area contributed by atoms with Gasteiger partial charge in [-0.1, -0.05) is 33.6 Å². The van der Waals surface area contributed by atoms with Crippen molar-refractivity contribution in [1.82, 2.24) is 0 Å². The van der Waals surface area contributed by atoms with Crippen molar-refractivity contribution in [1.29, 1.82) is 0 Å². The Balaban J connectivity index is 3.30. The third-order valence-corrected chi connectivity index (χ3v) is 2.05. The van der Waals surface area contributed by atoms with Crippen molar-refractivity contribution in [3.8, 4) is 0 Å². The Bertz CT molecular complexity index is 141. The fourth-order valence-corrected chi connectivity index (χ4v) is 1.22. The minimum Gasteiger partial charge on any atom is -0.466 e. The maximum atomic E-state index is 10.5. The first-order valence-corrected chi connectivity index (χ1v) is 5.15. The van der Waals surface area contributed by atoms with Gasteiger partial charge >= 0.3 is 5.97 Å². The number of hydrogen-bond acceptors (Lipinski definition) is 2. The smallest absolute Gasteiger partial charge is 0.302 e. The minimum atomic E-state index is -0.171. The Morgan fingerprint density at radius 3 is 2.31 bits per heavy atom. The van der Waals surface area contributed by atoms with Crippen molar-refractivity contribution in [2.45, 2.75) is 47.0 Å². The largest absolute Gasteiger partial charge is 0.466 e. The standard InChI is InChI=1S/C11H22O2/c1-9(2)6-5-7-10(3)8-13-11(4)12/h9-10H,5-8H2,1-4H3. The number of rotatable bonds is 6. The minimum absolute atomic E-state index is 0.171. The SMILES string of the molecule is CC(=O)OCC(C)CCCC(C)C. The summed E-state index contributed by atoms with van der Waals surface area (Å²) in [6, 6.07) is 0. The summed E-state index contributed by atoms with van der Waals surface area (Å²) in [5, 5.41) is 0. The Morgan fingerprint density at radius 1 is 1.23 bits per heavy atom. The van der Waals surface area contributed by atoms with Gasteiger partial charge in [-0.15, -0.1) is 0 Å². The molecule has 0 saturated heterocycles.